The molecule has 0 radical (unpaired) electrons. The molecule has 1 aliphatic rings. The Morgan fingerprint density at radius 2 is 2.21 bits per heavy atom. The first-order valence-electron chi connectivity index (χ1n) is 7.79. The Hall–Kier alpha value is -0.890. The van der Waals surface area contributed by atoms with Crippen LogP contribution in [0, 0.1) is 0 Å². The number of ether oxygens (including phenoxy) is 2. The lowest BCUT2D eigenvalue weighted by Gasteiger charge is -2.38. The molecule has 0 saturated carbocycles. The number of hydrogen-bond donors (Lipinski definition) is 1. The molecular weight excluding hydrogens is 398 g/mol. The Morgan fingerprint density at radius 1 is 1.50 bits per heavy atom. The second-order valence-corrected chi connectivity index (χ2v) is 7.94. The zero-order chi connectivity index (χ0) is 17.9. The van der Waals surface area contributed by atoms with Crippen LogP contribution in [-0.4, -0.2) is 54.4 Å². The minimum atomic E-state index is -0.535. The first-order valence-corrected chi connectivity index (χ1v) is 8.96. The highest BCUT2D eigenvalue weighted by Crippen LogP contribution is 2.29. The fourth-order valence-electron chi connectivity index (χ4n) is 2.51. The van der Waals surface area contributed by atoms with Gasteiger partial charge in [-0.2, -0.15) is 0 Å². The van der Waals surface area contributed by atoms with Crippen LogP contribution < -0.4 is 5.32 Å². The SMILES string of the molecule is CNCC1CN(C(=O)OC(C)(C)C)CC(c2cc(Cl)nc(Br)c2)O1. The van der Waals surface area contributed by atoms with Gasteiger partial charge < -0.3 is 19.7 Å². The summed E-state index contributed by atoms with van der Waals surface area (Å²) in [6.07, 6.45) is -0.760. The summed E-state index contributed by atoms with van der Waals surface area (Å²) in [5, 5.41) is 3.47. The van der Waals surface area contributed by atoms with Crippen LogP contribution in [0.4, 0.5) is 4.79 Å². The summed E-state index contributed by atoms with van der Waals surface area (Å²) in [4.78, 5) is 18.2. The second kappa shape index (κ2) is 7.99. The first-order chi connectivity index (χ1) is 11.2. The zero-order valence-electron chi connectivity index (χ0n) is 14.3. The number of rotatable bonds is 3. The number of hydrogen-bond acceptors (Lipinski definition) is 5. The van der Waals surface area contributed by atoms with E-state index in [1.54, 1.807) is 11.0 Å². The summed E-state index contributed by atoms with van der Waals surface area (Å²) in [5.41, 5.74) is 0.336. The van der Waals surface area contributed by atoms with E-state index in [4.69, 9.17) is 21.1 Å². The number of morpholine rings is 1. The Balaban J connectivity index is 2.20. The number of amides is 1. The Bertz CT molecular complexity index is 574. The van der Waals surface area contributed by atoms with E-state index >= 15 is 0 Å². The van der Waals surface area contributed by atoms with Crippen molar-refractivity contribution in [2.45, 2.75) is 38.6 Å². The maximum Gasteiger partial charge on any atom is 0.410 e. The fraction of sp³-hybridized carbons (Fsp3) is 0.625. The van der Waals surface area contributed by atoms with E-state index in [0.717, 1.165) is 5.56 Å². The van der Waals surface area contributed by atoms with Crippen LogP contribution in [0.1, 0.15) is 32.4 Å². The van der Waals surface area contributed by atoms with Gasteiger partial charge in [0.2, 0.25) is 0 Å². The number of likely N-dealkylation sites (N-methyl/N-ethyl adjacent to an activating group) is 1. The molecule has 0 aliphatic carbocycles. The zero-order valence-corrected chi connectivity index (χ0v) is 16.6. The van der Waals surface area contributed by atoms with E-state index in [1.165, 1.54) is 0 Å². The van der Waals surface area contributed by atoms with Gasteiger partial charge >= 0.3 is 6.09 Å². The Morgan fingerprint density at radius 3 is 2.79 bits per heavy atom. The maximum atomic E-state index is 12.5. The van der Waals surface area contributed by atoms with Gasteiger partial charge in [-0.1, -0.05) is 11.6 Å². The van der Waals surface area contributed by atoms with E-state index in [-0.39, 0.29) is 18.3 Å². The average molecular weight is 421 g/mol. The molecule has 1 aromatic rings. The molecule has 0 spiro atoms. The quantitative estimate of drug-likeness (QED) is 0.759. The van der Waals surface area contributed by atoms with Gasteiger partial charge in [-0.05, 0) is 61.4 Å². The molecule has 24 heavy (non-hydrogen) atoms. The molecule has 1 N–H and O–H groups in total. The topological polar surface area (TPSA) is 63.7 Å². The molecule has 2 rings (SSSR count). The molecule has 1 amide bonds. The van der Waals surface area contributed by atoms with Crippen molar-refractivity contribution in [2.75, 3.05) is 26.7 Å². The number of nitrogens with one attached hydrogen (secondary N) is 1. The Kier molecular flexibility index (Phi) is 6.47. The van der Waals surface area contributed by atoms with E-state index in [0.29, 0.717) is 29.4 Å². The molecular formula is C16H23BrClN3O3. The fourth-order valence-corrected chi connectivity index (χ4v) is 3.28. The van der Waals surface area contributed by atoms with Gasteiger partial charge in [0.25, 0.3) is 0 Å². The van der Waals surface area contributed by atoms with Crippen molar-refractivity contribution in [3.63, 3.8) is 0 Å². The van der Waals surface area contributed by atoms with Crippen LogP contribution in [0.2, 0.25) is 5.15 Å². The van der Waals surface area contributed by atoms with Gasteiger partial charge in [-0.15, -0.1) is 0 Å². The lowest BCUT2D eigenvalue weighted by Crippen LogP contribution is -2.51. The normalized spacial score (nSPS) is 21.7. The average Bonchev–Trinajstić information content (AvgIpc) is 2.44. The summed E-state index contributed by atoms with van der Waals surface area (Å²) in [6, 6.07) is 3.61. The van der Waals surface area contributed by atoms with Crippen molar-refractivity contribution < 1.29 is 14.3 Å². The molecule has 8 heteroatoms. The third-order valence-corrected chi connectivity index (χ3v) is 4.01. The van der Waals surface area contributed by atoms with Crippen molar-refractivity contribution in [1.29, 1.82) is 0 Å². The Labute approximate surface area is 156 Å². The molecule has 0 bridgehead atoms. The van der Waals surface area contributed by atoms with E-state index in [1.807, 2.05) is 33.9 Å². The molecule has 6 nitrogen and oxygen atoms in total. The third-order valence-electron chi connectivity index (χ3n) is 3.41. The number of halogens is 2. The second-order valence-electron chi connectivity index (χ2n) is 6.74. The summed E-state index contributed by atoms with van der Waals surface area (Å²) in [6.45, 7) is 7.08. The monoisotopic (exact) mass is 419 g/mol. The smallest absolute Gasteiger partial charge is 0.410 e. The molecule has 2 atom stereocenters. The van der Waals surface area contributed by atoms with E-state index in [2.05, 4.69) is 26.2 Å². The highest BCUT2D eigenvalue weighted by atomic mass is 79.9. The van der Waals surface area contributed by atoms with Crippen LogP contribution in [0.25, 0.3) is 0 Å². The predicted octanol–water partition coefficient (Wildman–Crippen LogP) is 3.39. The van der Waals surface area contributed by atoms with E-state index < -0.39 is 5.60 Å². The molecule has 134 valence electrons. The summed E-state index contributed by atoms with van der Waals surface area (Å²) in [7, 11) is 1.85. The van der Waals surface area contributed by atoms with Crippen molar-refractivity contribution in [3.8, 4) is 0 Å². The third kappa shape index (κ3) is 5.58. The van der Waals surface area contributed by atoms with Crippen LogP contribution >= 0.6 is 27.5 Å². The van der Waals surface area contributed by atoms with Crippen molar-refractivity contribution in [2.24, 2.45) is 0 Å². The summed E-state index contributed by atoms with van der Waals surface area (Å²) in [5.74, 6) is 0. The van der Waals surface area contributed by atoms with Crippen molar-refractivity contribution in [3.05, 3.63) is 27.5 Å². The minimum absolute atomic E-state index is 0.132. The van der Waals surface area contributed by atoms with Crippen LogP contribution in [0.3, 0.4) is 0 Å². The molecule has 0 aromatic carbocycles. The molecule has 2 heterocycles. The molecule has 1 aliphatic heterocycles. The lowest BCUT2D eigenvalue weighted by molar-refractivity contribution is -0.0871. The minimum Gasteiger partial charge on any atom is -0.444 e. The molecule has 1 aromatic heterocycles. The predicted molar refractivity (Wildman–Crippen MR) is 96.3 cm³/mol. The standard InChI is InChI=1S/C16H23BrClN3O3/c1-16(2,3)24-15(22)21-8-11(7-19-4)23-12(9-21)10-5-13(17)20-14(18)6-10/h5-6,11-12,19H,7-9H2,1-4H3. The summed E-state index contributed by atoms with van der Waals surface area (Å²) >= 11 is 9.38. The van der Waals surface area contributed by atoms with Crippen molar-refractivity contribution in [1.82, 2.24) is 15.2 Å². The van der Waals surface area contributed by atoms with Gasteiger partial charge in [0.1, 0.15) is 21.5 Å². The molecule has 2 unspecified atom stereocenters. The van der Waals surface area contributed by atoms with Crippen LogP contribution in [0.5, 0.6) is 0 Å². The highest BCUT2D eigenvalue weighted by molar-refractivity contribution is 9.10. The maximum absolute atomic E-state index is 12.5. The van der Waals surface area contributed by atoms with Crippen LogP contribution in [0.15, 0.2) is 16.7 Å². The number of nitrogens with zero attached hydrogens (tertiary/aromatic N) is 2. The number of aromatic nitrogens is 1. The van der Waals surface area contributed by atoms with Gasteiger partial charge in [0.05, 0.1) is 19.2 Å². The van der Waals surface area contributed by atoms with Gasteiger partial charge in [0, 0.05) is 6.54 Å². The van der Waals surface area contributed by atoms with Gasteiger partial charge in [0.15, 0.2) is 0 Å². The number of carbonyl (C=O) groups is 1. The first kappa shape index (κ1) is 19.4. The van der Waals surface area contributed by atoms with Gasteiger partial charge in [-0.25, -0.2) is 9.78 Å². The molecule has 1 saturated heterocycles. The largest absolute Gasteiger partial charge is 0.444 e. The highest BCUT2D eigenvalue weighted by Gasteiger charge is 2.33. The summed E-state index contributed by atoms with van der Waals surface area (Å²) < 4.78 is 12.2. The van der Waals surface area contributed by atoms with Crippen molar-refractivity contribution >= 4 is 33.6 Å². The molecule has 1 fully saturated rings. The van der Waals surface area contributed by atoms with E-state index in [9.17, 15) is 4.79 Å². The van der Waals surface area contributed by atoms with Crippen LogP contribution in [-0.2, 0) is 9.47 Å². The number of carbonyl (C=O) groups excluding carboxylic acids is 1. The van der Waals surface area contributed by atoms with Gasteiger partial charge in [-0.3, -0.25) is 0 Å². The number of pyridine rings is 1. The lowest BCUT2D eigenvalue weighted by atomic mass is 10.1.